The van der Waals surface area contributed by atoms with Gasteiger partial charge in [0.15, 0.2) is 0 Å². The standard InChI is InChI=1S/C9H17NO3S.C5H5NS/c1-2-3-4-7(9(12)13)10-8(11)5-6-14;7-5-3-1-2-4-6-5/h7,14H,2-6H2,1H3,(H,10,11)(H,12,13);1-4H,(H,6,7). The van der Waals surface area contributed by atoms with E-state index in [-0.39, 0.29) is 12.3 Å². The van der Waals surface area contributed by atoms with Crippen molar-refractivity contribution in [2.75, 3.05) is 5.75 Å². The molecule has 1 amide bonds. The van der Waals surface area contributed by atoms with Crippen LogP contribution in [-0.2, 0) is 9.59 Å². The van der Waals surface area contributed by atoms with Crippen LogP contribution >= 0.6 is 25.3 Å². The molecule has 1 atom stereocenters. The van der Waals surface area contributed by atoms with Crippen LogP contribution < -0.4 is 5.32 Å². The summed E-state index contributed by atoms with van der Waals surface area (Å²) in [5.74, 6) is -0.777. The molecule has 1 aromatic rings. The second kappa shape index (κ2) is 12.5. The van der Waals surface area contributed by atoms with Crippen LogP contribution in [0.1, 0.15) is 32.6 Å². The van der Waals surface area contributed by atoms with Crippen molar-refractivity contribution >= 4 is 37.1 Å². The largest absolute Gasteiger partial charge is 0.480 e. The third-order valence-corrected chi connectivity index (χ3v) is 2.96. The molecular weight excluding hydrogens is 308 g/mol. The molecule has 0 bridgehead atoms. The average Bonchev–Trinajstić information content (AvgIpc) is 2.45. The van der Waals surface area contributed by atoms with E-state index in [0.717, 1.165) is 17.9 Å². The third-order valence-electron chi connectivity index (χ3n) is 2.47. The van der Waals surface area contributed by atoms with Crippen LogP contribution in [0.4, 0.5) is 0 Å². The number of carbonyl (C=O) groups is 2. The van der Waals surface area contributed by atoms with Gasteiger partial charge in [-0.25, -0.2) is 4.79 Å². The van der Waals surface area contributed by atoms with Crippen molar-refractivity contribution in [3.8, 4) is 0 Å². The average molecular weight is 330 g/mol. The minimum absolute atomic E-state index is 0.247. The lowest BCUT2D eigenvalue weighted by molar-refractivity contribution is -0.142. The van der Waals surface area contributed by atoms with Gasteiger partial charge in [0.1, 0.15) is 6.04 Å². The zero-order chi connectivity index (χ0) is 16.1. The predicted octanol–water partition coefficient (Wildman–Crippen LogP) is 2.44. The van der Waals surface area contributed by atoms with Crippen LogP contribution in [0.2, 0.25) is 0 Å². The van der Waals surface area contributed by atoms with E-state index in [4.69, 9.17) is 5.11 Å². The summed E-state index contributed by atoms with van der Waals surface area (Å²) in [5, 5.41) is 12.0. The lowest BCUT2D eigenvalue weighted by Crippen LogP contribution is -2.40. The van der Waals surface area contributed by atoms with E-state index < -0.39 is 12.0 Å². The van der Waals surface area contributed by atoms with E-state index in [2.05, 4.69) is 35.6 Å². The lowest BCUT2D eigenvalue weighted by atomic mass is 10.1. The highest BCUT2D eigenvalue weighted by molar-refractivity contribution is 7.80. The molecule has 1 rings (SSSR count). The summed E-state index contributed by atoms with van der Waals surface area (Å²) in [5.41, 5.74) is 0. The molecule has 0 aromatic carbocycles. The SMILES string of the molecule is CCCCC(NC(=O)CCS)C(=O)O.Sc1ccccn1. The summed E-state index contributed by atoms with van der Waals surface area (Å²) < 4.78 is 0. The number of carboxylic acid groups (broad SMARTS) is 1. The molecule has 118 valence electrons. The topological polar surface area (TPSA) is 79.3 Å². The Morgan fingerprint density at radius 3 is 2.52 bits per heavy atom. The maximum absolute atomic E-state index is 11.1. The number of nitrogens with zero attached hydrogens (tertiary/aromatic N) is 1. The molecule has 2 N–H and O–H groups in total. The minimum atomic E-state index is -0.967. The highest BCUT2D eigenvalue weighted by Gasteiger charge is 2.18. The molecule has 0 fully saturated rings. The van der Waals surface area contributed by atoms with Gasteiger partial charge in [0.2, 0.25) is 5.91 Å². The maximum atomic E-state index is 11.1. The van der Waals surface area contributed by atoms with Gasteiger partial charge < -0.3 is 10.4 Å². The van der Waals surface area contributed by atoms with E-state index in [0.29, 0.717) is 12.2 Å². The minimum Gasteiger partial charge on any atom is -0.480 e. The van der Waals surface area contributed by atoms with E-state index in [1.165, 1.54) is 0 Å². The van der Waals surface area contributed by atoms with Crippen LogP contribution in [0.3, 0.4) is 0 Å². The summed E-state index contributed by atoms with van der Waals surface area (Å²) in [7, 11) is 0. The summed E-state index contributed by atoms with van der Waals surface area (Å²) >= 11 is 7.87. The normalized spacial score (nSPS) is 11.0. The van der Waals surface area contributed by atoms with Crippen molar-refractivity contribution in [1.29, 1.82) is 0 Å². The summed E-state index contributed by atoms with van der Waals surface area (Å²) in [6.45, 7) is 1.98. The molecule has 1 heterocycles. The molecule has 0 saturated heterocycles. The number of carbonyl (C=O) groups excluding carboxylic acids is 1. The first-order valence-corrected chi connectivity index (χ1v) is 7.82. The first-order chi connectivity index (χ1) is 10.0. The Labute approximate surface area is 136 Å². The van der Waals surface area contributed by atoms with Crippen LogP contribution in [0.25, 0.3) is 0 Å². The number of nitrogens with one attached hydrogen (secondary N) is 1. The second-order valence-corrected chi connectivity index (χ2v) is 5.17. The number of aromatic nitrogens is 1. The molecular formula is C14H22N2O3S2. The first-order valence-electron chi connectivity index (χ1n) is 6.74. The molecule has 1 aromatic heterocycles. The number of pyridine rings is 1. The molecule has 0 aliphatic heterocycles. The van der Waals surface area contributed by atoms with E-state index in [9.17, 15) is 9.59 Å². The van der Waals surface area contributed by atoms with Gasteiger partial charge >= 0.3 is 5.97 Å². The first kappa shape index (κ1) is 19.8. The van der Waals surface area contributed by atoms with Crippen molar-refractivity contribution in [2.24, 2.45) is 0 Å². The Kier molecular flexibility index (Phi) is 11.8. The Balaban J connectivity index is 0.000000471. The van der Waals surface area contributed by atoms with Crippen LogP contribution in [0, 0.1) is 0 Å². The zero-order valence-corrected chi connectivity index (χ0v) is 13.8. The number of rotatable bonds is 7. The summed E-state index contributed by atoms with van der Waals surface area (Å²) in [6.07, 6.45) is 4.19. The van der Waals surface area contributed by atoms with Crippen molar-refractivity contribution < 1.29 is 14.7 Å². The van der Waals surface area contributed by atoms with Crippen LogP contribution in [0.5, 0.6) is 0 Å². The van der Waals surface area contributed by atoms with Gasteiger partial charge in [0, 0.05) is 12.6 Å². The fourth-order valence-electron chi connectivity index (χ4n) is 1.39. The van der Waals surface area contributed by atoms with Gasteiger partial charge in [-0.15, -0.1) is 12.6 Å². The summed E-state index contributed by atoms with van der Waals surface area (Å²) in [6, 6.07) is 4.85. The second-order valence-electron chi connectivity index (χ2n) is 4.26. The third kappa shape index (κ3) is 11.2. The van der Waals surface area contributed by atoms with E-state index in [1.807, 2.05) is 25.1 Å². The number of amides is 1. The van der Waals surface area contributed by atoms with E-state index >= 15 is 0 Å². The Hall–Kier alpha value is -1.21. The summed E-state index contributed by atoms with van der Waals surface area (Å²) in [4.78, 5) is 25.7. The van der Waals surface area contributed by atoms with Crippen LogP contribution in [-0.4, -0.2) is 33.8 Å². The lowest BCUT2D eigenvalue weighted by Gasteiger charge is -2.13. The van der Waals surface area contributed by atoms with Gasteiger partial charge in [-0.05, 0) is 24.3 Å². The quantitative estimate of drug-likeness (QED) is 0.579. The highest BCUT2D eigenvalue weighted by Crippen LogP contribution is 2.01. The van der Waals surface area contributed by atoms with Gasteiger partial charge in [0.05, 0.1) is 5.03 Å². The van der Waals surface area contributed by atoms with Crippen molar-refractivity contribution in [3.63, 3.8) is 0 Å². The number of aliphatic carboxylic acids is 1. The maximum Gasteiger partial charge on any atom is 0.326 e. The molecule has 1 unspecified atom stereocenters. The predicted molar refractivity (Wildman–Crippen MR) is 89.1 cm³/mol. The van der Waals surface area contributed by atoms with Crippen LogP contribution in [0.15, 0.2) is 29.4 Å². The monoisotopic (exact) mass is 330 g/mol. The molecule has 0 aliphatic carbocycles. The smallest absolute Gasteiger partial charge is 0.326 e. The number of carboxylic acids is 1. The van der Waals surface area contributed by atoms with Crippen molar-refractivity contribution in [1.82, 2.24) is 10.3 Å². The molecule has 21 heavy (non-hydrogen) atoms. The highest BCUT2D eigenvalue weighted by atomic mass is 32.1. The Morgan fingerprint density at radius 2 is 2.14 bits per heavy atom. The number of hydrogen-bond donors (Lipinski definition) is 4. The van der Waals surface area contributed by atoms with Crippen molar-refractivity contribution in [2.45, 2.75) is 43.7 Å². The molecule has 0 aliphatic rings. The van der Waals surface area contributed by atoms with Gasteiger partial charge in [-0.1, -0.05) is 25.8 Å². The molecule has 0 spiro atoms. The van der Waals surface area contributed by atoms with Crippen molar-refractivity contribution in [3.05, 3.63) is 24.4 Å². The fourth-order valence-corrected chi connectivity index (χ4v) is 1.74. The number of hydrogen-bond acceptors (Lipinski definition) is 5. The molecule has 7 heteroatoms. The fraction of sp³-hybridized carbons (Fsp3) is 0.500. The molecule has 0 radical (unpaired) electrons. The van der Waals surface area contributed by atoms with Gasteiger partial charge in [0.25, 0.3) is 0 Å². The molecule has 0 saturated carbocycles. The Morgan fingerprint density at radius 1 is 1.43 bits per heavy atom. The number of unbranched alkanes of at least 4 members (excludes halogenated alkanes) is 1. The molecule has 5 nitrogen and oxygen atoms in total. The Bertz CT molecular complexity index is 416. The van der Waals surface area contributed by atoms with Gasteiger partial charge in [-0.3, -0.25) is 9.78 Å². The van der Waals surface area contributed by atoms with E-state index in [1.54, 1.807) is 6.20 Å². The zero-order valence-electron chi connectivity index (χ0n) is 12.0. The number of thiol groups is 2. The van der Waals surface area contributed by atoms with Gasteiger partial charge in [-0.2, -0.15) is 12.6 Å².